The van der Waals surface area contributed by atoms with Crippen LogP contribution in [0.15, 0.2) is 18.2 Å². The normalized spacial score (nSPS) is 17.5. The van der Waals surface area contributed by atoms with Gasteiger partial charge in [0, 0.05) is 7.11 Å². The number of fused-ring (bicyclic) bond motifs is 1. The second-order valence-electron chi connectivity index (χ2n) is 5.25. The molecule has 1 aliphatic carbocycles. The molecule has 0 aliphatic heterocycles. The monoisotopic (exact) mass is 247 g/mol. The highest BCUT2D eigenvalue weighted by Crippen LogP contribution is 2.27. The fraction of sp³-hybridized carbons (Fsp3) is 0.625. The molecule has 0 spiro atoms. The number of methoxy groups -OCH3 is 1. The van der Waals surface area contributed by atoms with Gasteiger partial charge in [0.2, 0.25) is 0 Å². The van der Waals surface area contributed by atoms with E-state index >= 15 is 0 Å². The summed E-state index contributed by atoms with van der Waals surface area (Å²) >= 11 is 0. The van der Waals surface area contributed by atoms with Crippen molar-refractivity contribution in [3.8, 4) is 0 Å². The summed E-state index contributed by atoms with van der Waals surface area (Å²) in [6.45, 7) is 5.38. The molecule has 18 heavy (non-hydrogen) atoms. The highest BCUT2D eigenvalue weighted by Gasteiger charge is 2.20. The summed E-state index contributed by atoms with van der Waals surface area (Å²) in [5.74, 6) is 0. The standard InChI is InChI=1S/C16H25NO/c1-4-10-17-16(12(2)18-3)15-9-8-13-6-5-7-14(13)11-15/h8-9,11-12,16-17H,4-7,10H2,1-3H3. The van der Waals surface area contributed by atoms with Crippen molar-refractivity contribution in [2.45, 2.75) is 51.7 Å². The van der Waals surface area contributed by atoms with Crippen LogP contribution in [0.25, 0.3) is 0 Å². The van der Waals surface area contributed by atoms with Gasteiger partial charge in [-0.15, -0.1) is 0 Å². The van der Waals surface area contributed by atoms with Crippen molar-refractivity contribution in [3.05, 3.63) is 34.9 Å². The molecule has 2 atom stereocenters. The van der Waals surface area contributed by atoms with Crippen LogP contribution in [0.5, 0.6) is 0 Å². The highest BCUT2D eigenvalue weighted by molar-refractivity contribution is 5.36. The van der Waals surface area contributed by atoms with Crippen LogP contribution in [0.4, 0.5) is 0 Å². The molecule has 0 amide bonds. The quantitative estimate of drug-likeness (QED) is 0.833. The first-order valence-corrected chi connectivity index (χ1v) is 7.14. The molecule has 1 aliphatic rings. The predicted molar refractivity (Wildman–Crippen MR) is 76.0 cm³/mol. The molecule has 1 aromatic rings. The molecule has 100 valence electrons. The van der Waals surface area contributed by atoms with E-state index in [0.29, 0.717) is 6.04 Å². The van der Waals surface area contributed by atoms with E-state index in [1.807, 2.05) is 0 Å². The number of aryl methyl sites for hydroxylation is 2. The molecular formula is C16H25NO. The van der Waals surface area contributed by atoms with Crippen LogP contribution in [-0.4, -0.2) is 19.8 Å². The predicted octanol–water partition coefficient (Wildman–Crippen LogP) is 3.25. The second-order valence-corrected chi connectivity index (χ2v) is 5.25. The van der Waals surface area contributed by atoms with Gasteiger partial charge in [-0.3, -0.25) is 0 Å². The van der Waals surface area contributed by atoms with Crippen molar-refractivity contribution < 1.29 is 4.74 Å². The number of benzene rings is 1. The molecule has 0 fully saturated rings. The zero-order chi connectivity index (χ0) is 13.0. The van der Waals surface area contributed by atoms with E-state index in [0.717, 1.165) is 13.0 Å². The van der Waals surface area contributed by atoms with Gasteiger partial charge >= 0.3 is 0 Å². The first-order valence-electron chi connectivity index (χ1n) is 7.14. The second kappa shape index (κ2) is 6.35. The number of nitrogens with one attached hydrogen (secondary N) is 1. The minimum atomic E-state index is 0.205. The zero-order valence-electron chi connectivity index (χ0n) is 11.8. The van der Waals surface area contributed by atoms with E-state index in [1.54, 1.807) is 12.7 Å². The lowest BCUT2D eigenvalue weighted by molar-refractivity contribution is 0.0830. The lowest BCUT2D eigenvalue weighted by Crippen LogP contribution is -2.32. The van der Waals surface area contributed by atoms with E-state index in [4.69, 9.17) is 4.74 Å². The average molecular weight is 247 g/mol. The highest BCUT2D eigenvalue weighted by atomic mass is 16.5. The Bertz CT molecular complexity index is 389. The molecule has 0 saturated heterocycles. The Balaban J connectivity index is 2.18. The smallest absolute Gasteiger partial charge is 0.0737 e. The van der Waals surface area contributed by atoms with Crippen LogP contribution in [0.3, 0.4) is 0 Å². The van der Waals surface area contributed by atoms with Gasteiger partial charge in [-0.2, -0.15) is 0 Å². The number of ether oxygens (including phenoxy) is 1. The molecule has 0 bridgehead atoms. The SMILES string of the molecule is CCCNC(c1ccc2c(c1)CCC2)C(C)OC. The van der Waals surface area contributed by atoms with E-state index in [1.165, 1.54) is 30.4 Å². The average Bonchev–Trinajstić information content (AvgIpc) is 2.86. The van der Waals surface area contributed by atoms with Crippen molar-refractivity contribution in [1.82, 2.24) is 5.32 Å². The molecule has 2 heteroatoms. The van der Waals surface area contributed by atoms with Gasteiger partial charge < -0.3 is 10.1 Å². The number of rotatable bonds is 6. The van der Waals surface area contributed by atoms with Crippen molar-refractivity contribution in [1.29, 1.82) is 0 Å². The van der Waals surface area contributed by atoms with Crippen molar-refractivity contribution in [3.63, 3.8) is 0 Å². The maximum absolute atomic E-state index is 5.52. The van der Waals surface area contributed by atoms with Gasteiger partial charge in [0.05, 0.1) is 12.1 Å². The molecule has 0 saturated carbocycles. The Morgan fingerprint density at radius 2 is 2.06 bits per heavy atom. The zero-order valence-corrected chi connectivity index (χ0v) is 11.8. The van der Waals surface area contributed by atoms with Crippen LogP contribution in [-0.2, 0) is 17.6 Å². The van der Waals surface area contributed by atoms with Gasteiger partial charge in [0.25, 0.3) is 0 Å². The van der Waals surface area contributed by atoms with Crippen LogP contribution < -0.4 is 5.32 Å². The minimum absolute atomic E-state index is 0.205. The Labute approximate surface area is 111 Å². The van der Waals surface area contributed by atoms with Crippen LogP contribution in [0.1, 0.15) is 49.4 Å². The molecule has 2 unspecified atom stereocenters. The maximum Gasteiger partial charge on any atom is 0.0737 e. The first kappa shape index (κ1) is 13.6. The van der Waals surface area contributed by atoms with Crippen LogP contribution in [0, 0.1) is 0 Å². The van der Waals surface area contributed by atoms with Crippen LogP contribution >= 0.6 is 0 Å². The molecule has 0 heterocycles. The topological polar surface area (TPSA) is 21.3 Å². The molecular weight excluding hydrogens is 222 g/mol. The van der Waals surface area contributed by atoms with Gasteiger partial charge in [-0.05, 0) is 55.8 Å². The van der Waals surface area contributed by atoms with Gasteiger partial charge in [-0.1, -0.05) is 25.1 Å². The summed E-state index contributed by atoms with van der Waals surface area (Å²) in [5, 5.41) is 3.60. The summed E-state index contributed by atoms with van der Waals surface area (Å²) in [7, 11) is 1.79. The lowest BCUT2D eigenvalue weighted by atomic mass is 9.98. The van der Waals surface area contributed by atoms with Crippen molar-refractivity contribution in [2.24, 2.45) is 0 Å². The third-order valence-corrected chi connectivity index (χ3v) is 3.94. The Morgan fingerprint density at radius 1 is 1.28 bits per heavy atom. The summed E-state index contributed by atoms with van der Waals surface area (Å²) < 4.78 is 5.52. The van der Waals surface area contributed by atoms with Gasteiger partial charge in [0.1, 0.15) is 0 Å². The maximum atomic E-state index is 5.52. The summed E-state index contributed by atoms with van der Waals surface area (Å²) in [6.07, 6.45) is 5.16. The number of hydrogen-bond acceptors (Lipinski definition) is 2. The van der Waals surface area contributed by atoms with Crippen LogP contribution in [0.2, 0.25) is 0 Å². The van der Waals surface area contributed by atoms with E-state index in [2.05, 4.69) is 37.4 Å². The Morgan fingerprint density at radius 3 is 2.78 bits per heavy atom. The molecule has 1 aromatic carbocycles. The first-order chi connectivity index (χ1) is 8.76. The summed E-state index contributed by atoms with van der Waals surface area (Å²) in [5.41, 5.74) is 4.45. The van der Waals surface area contributed by atoms with Crippen molar-refractivity contribution in [2.75, 3.05) is 13.7 Å². The molecule has 0 aromatic heterocycles. The van der Waals surface area contributed by atoms with E-state index < -0.39 is 0 Å². The summed E-state index contributed by atoms with van der Waals surface area (Å²) in [6, 6.07) is 7.26. The molecule has 0 radical (unpaired) electrons. The fourth-order valence-electron chi connectivity index (χ4n) is 2.78. The number of hydrogen-bond donors (Lipinski definition) is 1. The molecule has 2 nitrogen and oxygen atoms in total. The Kier molecular flexibility index (Phi) is 4.79. The van der Waals surface area contributed by atoms with E-state index in [-0.39, 0.29) is 6.10 Å². The minimum Gasteiger partial charge on any atom is -0.380 e. The van der Waals surface area contributed by atoms with E-state index in [9.17, 15) is 0 Å². The third-order valence-electron chi connectivity index (χ3n) is 3.94. The van der Waals surface area contributed by atoms with Crippen molar-refractivity contribution >= 4 is 0 Å². The van der Waals surface area contributed by atoms with Gasteiger partial charge in [-0.25, -0.2) is 0 Å². The third kappa shape index (κ3) is 2.93. The largest absolute Gasteiger partial charge is 0.380 e. The Hall–Kier alpha value is -0.860. The van der Waals surface area contributed by atoms with Gasteiger partial charge in [0.15, 0.2) is 0 Å². The fourth-order valence-corrected chi connectivity index (χ4v) is 2.78. The lowest BCUT2D eigenvalue weighted by Gasteiger charge is -2.25. The summed E-state index contributed by atoms with van der Waals surface area (Å²) in [4.78, 5) is 0. The molecule has 2 rings (SSSR count). The molecule has 1 N–H and O–H groups in total.